The zero-order valence-corrected chi connectivity index (χ0v) is 17.3. The van der Waals surface area contributed by atoms with Crippen LogP contribution in [0.25, 0.3) is 0 Å². The van der Waals surface area contributed by atoms with E-state index in [9.17, 15) is 0 Å². The Bertz CT molecular complexity index is 652. The van der Waals surface area contributed by atoms with Crippen molar-refractivity contribution in [1.82, 2.24) is 15.6 Å². The molecule has 0 spiro atoms. The number of halogens is 1. The van der Waals surface area contributed by atoms with Gasteiger partial charge in [-0.1, -0.05) is 24.3 Å². The number of nitrogens with zero attached hydrogens (tertiary/aromatic N) is 2. The summed E-state index contributed by atoms with van der Waals surface area (Å²) in [5.41, 5.74) is 3.63. The summed E-state index contributed by atoms with van der Waals surface area (Å²) >= 11 is 1.73. The summed E-state index contributed by atoms with van der Waals surface area (Å²) in [5, 5.41) is 7.79. The number of rotatable bonds is 5. The summed E-state index contributed by atoms with van der Waals surface area (Å²) in [6.45, 7) is 10.6. The second kappa shape index (κ2) is 9.87. The minimum absolute atomic E-state index is 0. The van der Waals surface area contributed by atoms with Crippen molar-refractivity contribution in [1.29, 1.82) is 0 Å². The molecule has 0 unspecified atom stereocenters. The van der Waals surface area contributed by atoms with E-state index in [4.69, 9.17) is 0 Å². The summed E-state index contributed by atoms with van der Waals surface area (Å²) in [6.07, 6.45) is 0. The summed E-state index contributed by atoms with van der Waals surface area (Å²) in [7, 11) is 0. The van der Waals surface area contributed by atoms with Gasteiger partial charge in [0.25, 0.3) is 0 Å². The third-order valence-electron chi connectivity index (χ3n) is 3.43. The molecule has 1 aromatic carbocycles. The maximum Gasteiger partial charge on any atom is 0.191 e. The average molecular weight is 444 g/mol. The molecule has 0 saturated carbocycles. The van der Waals surface area contributed by atoms with E-state index in [1.165, 1.54) is 16.0 Å². The Morgan fingerprint density at radius 1 is 1.17 bits per heavy atom. The number of hydrogen-bond acceptors (Lipinski definition) is 3. The second-order valence-corrected chi connectivity index (χ2v) is 6.50. The van der Waals surface area contributed by atoms with Crippen molar-refractivity contribution in [3.8, 4) is 0 Å². The first-order valence-electron chi connectivity index (χ1n) is 7.59. The van der Waals surface area contributed by atoms with Gasteiger partial charge in [0.2, 0.25) is 0 Å². The average Bonchev–Trinajstić information content (AvgIpc) is 2.81. The number of aliphatic imine (C=N–C) groups is 1. The van der Waals surface area contributed by atoms with Gasteiger partial charge in [-0.05, 0) is 38.8 Å². The lowest BCUT2D eigenvalue weighted by atomic mass is 10.1. The van der Waals surface area contributed by atoms with Crippen molar-refractivity contribution in [3.05, 3.63) is 51.0 Å². The fourth-order valence-corrected chi connectivity index (χ4v) is 3.07. The van der Waals surface area contributed by atoms with E-state index in [2.05, 4.69) is 65.6 Å². The van der Waals surface area contributed by atoms with E-state index in [1.54, 1.807) is 11.3 Å². The monoisotopic (exact) mass is 444 g/mol. The Kier molecular flexibility index (Phi) is 8.54. The van der Waals surface area contributed by atoms with Crippen LogP contribution >= 0.6 is 35.3 Å². The molecule has 23 heavy (non-hydrogen) atoms. The highest BCUT2D eigenvalue weighted by atomic mass is 127. The molecule has 0 saturated heterocycles. The Labute approximate surface area is 159 Å². The van der Waals surface area contributed by atoms with Crippen LogP contribution in [0.2, 0.25) is 0 Å². The Morgan fingerprint density at radius 3 is 2.52 bits per heavy atom. The first-order valence-corrected chi connectivity index (χ1v) is 8.41. The number of hydrogen-bond donors (Lipinski definition) is 2. The quantitative estimate of drug-likeness (QED) is 0.417. The van der Waals surface area contributed by atoms with E-state index in [-0.39, 0.29) is 24.0 Å². The van der Waals surface area contributed by atoms with E-state index in [0.29, 0.717) is 6.54 Å². The van der Waals surface area contributed by atoms with Gasteiger partial charge in [0.15, 0.2) is 5.96 Å². The number of aryl methyl sites for hydroxylation is 3. The van der Waals surface area contributed by atoms with Crippen molar-refractivity contribution in [2.75, 3.05) is 6.54 Å². The molecular weight excluding hydrogens is 419 g/mol. The number of benzene rings is 1. The molecule has 0 bridgehead atoms. The van der Waals surface area contributed by atoms with Crippen molar-refractivity contribution in [2.24, 2.45) is 4.99 Å². The molecule has 1 heterocycles. The van der Waals surface area contributed by atoms with Gasteiger partial charge in [-0.3, -0.25) is 0 Å². The predicted octanol–water partition coefficient (Wildman–Crippen LogP) is 3.94. The fraction of sp³-hybridized carbons (Fsp3) is 0.412. The maximum absolute atomic E-state index is 4.67. The highest BCUT2D eigenvalue weighted by Crippen LogP contribution is 2.16. The molecule has 0 fully saturated rings. The Hall–Kier alpha value is -1.15. The van der Waals surface area contributed by atoms with Crippen LogP contribution < -0.4 is 10.6 Å². The van der Waals surface area contributed by atoms with Gasteiger partial charge >= 0.3 is 0 Å². The smallest absolute Gasteiger partial charge is 0.191 e. The van der Waals surface area contributed by atoms with Gasteiger partial charge in [-0.25, -0.2) is 9.98 Å². The van der Waals surface area contributed by atoms with Gasteiger partial charge in [0, 0.05) is 11.4 Å². The molecule has 1 aromatic heterocycles. The summed E-state index contributed by atoms with van der Waals surface area (Å²) in [6, 6.07) is 8.36. The lowest BCUT2D eigenvalue weighted by Gasteiger charge is -2.11. The van der Waals surface area contributed by atoms with Crippen LogP contribution in [-0.4, -0.2) is 17.5 Å². The summed E-state index contributed by atoms with van der Waals surface area (Å²) < 4.78 is 0. The van der Waals surface area contributed by atoms with Crippen molar-refractivity contribution < 1.29 is 0 Å². The van der Waals surface area contributed by atoms with Crippen molar-refractivity contribution in [3.63, 3.8) is 0 Å². The van der Waals surface area contributed by atoms with Crippen LogP contribution in [0.1, 0.15) is 33.6 Å². The highest BCUT2D eigenvalue weighted by molar-refractivity contribution is 14.0. The van der Waals surface area contributed by atoms with Gasteiger partial charge in [-0.15, -0.1) is 35.3 Å². The Balaban J connectivity index is 0.00000264. The molecule has 6 heteroatoms. The number of nitrogens with one attached hydrogen (secondary N) is 2. The largest absolute Gasteiger partial charge is 0.357 e. The summed E-state index contributed by atoms with van der Waals surface area (Å²) in [4.78, 5) is 10.4. The molecular formula is C17H25IN4S. The fourth-order valence-electron chi connectivity index (χ4n) is 2.19. The molecule has 0 aliphatic rings. The van der Waals surface area contributed by atoms with Crippen LogP contribution in [0.3, 0.4) is 0 Å². The zero-order valence-electron chi connectivity index (χ0n) is 14.1. The molecule has 2 N–H and O–H groups in total. The van der Waals surface area contributed by atoms with Crippen molar-refractivity contribution >= 4 is 41.3 Å². The molecule has 0 amide bonds. The van der Waals surface area contributed by atoms with Crippen LogP contribution in [-0.2, 0) is 13.1 Å². The molecule has 0 aliphatic heterocycles. The normalized spacial score (nSPS) is 11.0. The topological polar surface area (TPSA) is 49.3 Å². The predicted molar refractivity (Wildman–Crippen MR) is 110 cm³/mol. The molecule has 0 atom stereocenters. The van der Waals surface area contributed by atoms with E-state index >= 15 is 0 Å². The standard InChI is InChI=1S/C17H24N4S.HI/c1-5-18-17(19-10-15-9-7-6-8-12(15)2)20-11-16-13(3)21-14(4)22-16;/h6-9H,5,10-11H2,1-4H3,(H2,18,19,20);1H. The first-order chi connectivity index (χ1) is 10.6. The second-order valence-electron chi connectivity index (χ2n) is 5.22. The third-order valence-corrected chi connectivity index (χ3v) is 4.50. The first kappa shape index (κ1) is 19.9. The van der Waals surface area contributed by atoms with Crippen LogP contribution in [0, 0.1) is 20.8 Å². The zero-order chi connectivity index (χ0) is 15.9. The van der Waals surface area contributed by atoms with Crippen molar-refractivity contribution in [2.45, 2.75) is 40.8 Å². The van der Waals surface area contributed by atoms with Crippen LogP contribution in [0.15, 0.2) is 29.3 Å². The lowest BCUT2D eigenvalue weighted by Crippen LogP contribution is -2.36. The molecule has 2 aromatic rings. The maximum atomic E-state index is 4.67. The molecule has 0 aliphatic carbocycles. The number of thiazole rings is 1. The Morgan fingerprint density at radius 2 is 1.91 bits per heavy atom. The minimum atomic E-state index is 0. The van der Waals surface area contributed by atoms with Gasteiger partial charge in [0.1, 0.15) is 0 Å². The van der Waals surface area contributed by atoms with E-state index in [0.717, 1.165) is 29.8 Å². The SMILES string of the molecule is CCNC(=NCc1ccccc1C)NCc1sc(C)nc1C.I. The minimum Gasteiger partial charge on any atom is -0.357 e. The highest BCUT2D eigenvalue weighted by Gasteiger charge is 2.06. The van der Waals surface area contributed by atoms with Crippen LogP contribution in [0.5, 0.6) is 0 Å². The number of aromatic nitrogens is 1. The van der Waals surface area contributed by atoms with E-state index in [1.807, 2.05) is 6.92 Å². The van der Waals surface area contributed by atoms with E-state index < -0.39 is 0 Å². The molecule has 0 radical (unpaired) electrons. The number of guanidine groups is 1. The third kappa shape index (κ3) is 6.10. The molecule has 4 nitrogen and oxygen atoms in total. The van der Waals surface area contributed by atoms with Gasteiger partial charge in [0.05, 0.1) is 23.8 Å². The van der Waals surface area contributed by atoms with Crippen LogP contribution in [0.4, 0.5) is 0 Å². The lowest BCUT2D eigenvalue weighted by molar-refractivity contribution is 0.818. The van der Waals surface area contributed by atoms with Gasteiger partial charge in [-0.2, -0.15) is 0 Å². The summed E-state index contributed by atoms with van der Waals surface area (Å²) in [5.74, 6) is 0.844. The molecule has 2 rings (SSSR count). The molecule has 126 valence electrons. The van der Waals surface area contributed by atoms with Gasteiger partial charge < -0.3 is 10.6 Å².